The van der Waals surface area contributed by atoms with Crippen LogP contribution in [0.2, 0.25) is 0 Å². The van der Waals surface area contributed by atoms with Gasteiger partial charge in [-0.05, 0) is 11.6 Å². The van der Waals surface area contributed by atoms with Crippen LogP contribution in [0.5, 0.6) is 0 Å². The summed E-state index contributed by atoms with van der Waals surface area (Å²) in [7, 11) is 0. The van der Waals surface area contributed by atoms with E-state index in [4.69, 9.17) is 0 Å². The quantitative estimate of drug-likeness (QED) is 0.817. The summed E-state index contributed by atoms with van der Waals surface area (Å²) in [6.45, 7) is 8.30. The van der Waals surface area contributed by atoms with Crippen LogP contribution in [-0.2, 0) is 6.54 Å². The Balaban J connectivity index is 1.55. The third-order valence-corrected chi connectivity index (χ3v) is 4.19. The molecule has 0 spiro atoms. The van der Waals surface area contributed by atoms with Crippen molar-refractivity contribution in [2.24, 2.45) is 0 Å². The molecule has 1 aliphatic heterocycles. The number of hydrogen-bond acceptors (Lipinski definition) is 5. The standard InChI is InChI=1S/C19H23N5O/c1-2-9-20-19-21-10-8-17(22-19)18(25)24-13-11-23(12-14-24)15-16-6-4-3-5-7-16/h2-8,10H,1,9,11-15H2,(H,20,21,22). The van der Waals surface area contributed by atoms with Crippen molar-refractivity contribution in [2.75, 3.05) is 38.0 Å². The lowest BCUT2D eigenvalue weighted by atomic mass is 10.2. The third-order valence-electron chi connectivity index (χ3n) is 4.19. The molecule has 6 nitrogen and oxygen atoms in total. The van der Waals surface area contributed by atoms with Crippen LogP contribution in [0, 0.1) is 0 Å². The van der Waals surface area contributed by atoms with Crippen molar-refractivity contribution in [2.45, 2.75) is 6.54 Å². The van der Waals surface area contributed by atoms with Gasteiger partial charge in [0.05, 0.1) is 0 Å². The van der Waals surface area contributed by atoms with E-state index in [9.17, 15) is 4.79 Å². The molecule has 1 amide bonds. The van der Waals surface area contributed by atoms with E-state index in [1.807, 2.05) is 11.0 Å². The summed E-state index contributed by atoms with van der Waals surface area (Å²) in [6, 6.07) is 12.1. The van der Waals surface area contributed by atoms with E-state index in [0.29, 0.717) is 31.3 Å². The molecule has 1 aromatic heterocycles. The third kappa shape index (κ3) is 4.64. The van der Waals surface area contributed by atoms with Gasteiger partial charge >= 0.3 is 0 Å². The molecule has 6 heteroatoms. The van der Waals surface area contributed by atoms with Crippen molar-refractivity contribution in [1.29, 1.82) is 0 Å². The zero-order valence-corrected chi connectivity index (χ0v) is 14.3. The number of amides is 1. The summed E-state index contributed by atoms with van der Waals surface area (Å²) < 4.78 is 0. The van der Waals surface area contributed by atoms with E-state index in [-0.39, 0.29) is 5.91 Å². The highest BCUT2D eigenvalue weighted by molar-refractivity contribution is 5.92. The van der Waals surface area contributed by atoms with E-state index in [2.05, 4.69) is 51.0 Å². The number of hydrogen-bond donors (Lipinski definition) is 1. The molecule has 130 valence electrons. The normalized spacial score (nSPS) is 15.0. The molecule has 3 rings (SSSR count). The number of carbonyl (C=O) groups excluding carboxylic acids is 1. The van der Waals surface area contributed by atoms with Gasteiger partial charge in [0.25, 0.3) is 5.91 Å². The molecule has 0 atom stereocenters. The molecule has 25 heavy (non-hydrogen) atoms. The zero-order valence-electron chi connectivity index (χ0n) is 14.3. The maximum atomic E-state index is 12.7. The maximum Gasteiger partial charge on any atom is 0.272 e. The minimum absolute atomic E-state index is 0.0385. The Morgan fingerprint density at radius 3 is 2.64 bits per heavy atom. The van der Waals surface area contributed by atoms with E-state index >= 15 is 0 Å². The largest absolute Gasteiger partial charge is 0.351 e. The molecule has 0 aliphatic carbocycles. The first-order chi connectivity index (χ1) is 12.3. The van der Waals surface area contributed by atoms with Crippen molar-refractivity contribution in [1.82, 2.24) is 19.8 Å². The van der Waals surface area contributed by atoms with Crippen LogP contribution in [0.4, 0.5) is 5.95 Å². The molecule has 1 N–H and O–H groups in total. The van der Waals surface area contributed by atoms with Gasteiger partial charge in [0, 0.05) is 45.5 Å². The van der Waals surface area contributed by atoms with Crippen LogP contribution in [0.3, 0.4) is 0 Å². The summed E-state index contributed by atoms with van der Waals surface area (Å²) >= 11 is 0. The number of benzene rings is 1. The minimum Gasteiger partial charge on any atom is -0.351 e. The van der Waals surface area contributed by atoms with Crippen LogP contribution in [0.15, 0.2) is 55.3 Å². The number of anilines is 1. The summed E-state index contributed by atoms with van der Waals surface area (Å²) in [5.41, 5.74) is 1.73. The lowest BCUT2D eigenvalue weighted by Crippen LogP contribution is -2.48. The molecule has 0 unspecified atom stereocenters. The van der Waals surface area contributed by atoms with Gasteiger partial charge in [-0.1, -0.05) is 36.4 Å². The second-order valence-electron chi connectivity index (χ2n) is 5.99. The number of nitrogens with zero attached hydrogens (tertiary/aromatic N) is 4. The molecule has 1 aromatic carbocycles. The summed E-state index contributed by atoms with van der Waals surface area (Å²) in [5, 5.41) is 3.01. The van der Waals surface area contributed by atoms with Crippen LogP contribution in [0.1, 0.15) is 16.1 Å². The maximum absolute atomic E-state index is 12.7. The Kier molecular flexibility index (Phi) is 5.74. The van der Waals surface area contributed by atoms with Crippen molar-refractivity contribution >= 4 is 11.9 Å². The number of carbonyl (C=O) groups is 1. The van der Waals surface area contributed by atoms with Crippen LogP contribution in [0.25, 0.3) is 0 Å². The van der Waals surface area contributed by atoms with Gasteiger partial charge in [-0.3, -0.25) is 9.69 Å². The smallest absolute Gasteiger partial charge is 0.272 e. The fraction of sp³-hybridized carbons (Fsp3) is 0.316. The first-order valence-electron chi connectivity index (χ1n) is 8.49. The van der Waals surface area contributed by atoms with Gasteiger partial charge in [-0.2, -0.15) is 0 Å². The number of nitrogens with one attached hydrogen (secondary N) is 1. The lowest BCUT2D eigenvalue weighted by molar-refractivity contribution is 0.0622. The summed E-state index contributed by atoms with van der Waals surface area (Å²) in [4.78, 5) is 25.3. The van der Waals surface area contributed by atoms with Gasteiger partial charge in [-0.15, -0.1) is 6.58 Å². The average molecular weight is 337 g/mol. The minimum atomic E-state index is -0.0385. The highest BCUT2D eigenvalue weighted by Crippen LogP contribution is 2.11. The van der Waals surface area contributed by atoms with E-state index < -0.39 is 0 Å². The Hall–Kier alpha value is -2.73. The van der Waals surface area contributed by atoms with E-state index in [1.165, 1.54) is 5.56 Å². The van der Waals surface area contributed by atoms with Gasteiger partial charge in [0.15, 0.2) is 0 Å². The molecular weight excluding hydrogens is 314 g/mol. The second-order valence-corrected chi connectivity index (χ2v) is 5.99. The average Bonchev–Trinajstić information content (AvgIpc) is 2.67. The van der Waals surface area contributed by atoms with Crippen LogP contribution < -0.4 is 5.32 Å². The molecule has 1 fully saturated rings. The number of piperazine rings is 1. The number of aromatic nitrogens is 2. The first-order valence-corrected chi connectivity index (χ1v) is 8.49. The Morgan fingerprint density at radius 2 is 1.92 bits per heavy atom. The molecule has 0 bridgehead atoms. The van der Waals surface area contributed by atoms with Gasteiger partial charge < -0.3 is 10.2 Å². The molecular formula is C19H23N5O. The Bertz CT molecular complexity index is 711. The van der Waals surface area contributed by atoms with Gasteiger partial charge in [-0.25, -0.2) is 9.97 Å². The van der Waals surface area contributed by atoms with Crippen LogP contribution in [-0.4, -0.2) is 58.4 Å². The Morgan fingerprint density at radius 1 is 1.16 bits per heavy atom. The van der Waals surface area contributed by atoms with Gasteiger partial charge in [0.2, 0.25) is 5.95 Å². The highest BCUT2D eigenvalue weighted by Gasteiger charge is 2.23. The molecule has 2 aromatic rings. The molecule has 0 saturated carbocycles. The lowest BCUT2D eigenvalue weighted by Gasteiger charge is -2.34. The molecule has 0 radical (unpaired) electrons. The molecule has 1 saturated heterocycles. The first kappa shape index (κ1) is 17.1. The number of rotatable bonds is 6. The highest BCUT2D eigenvalue weighted by atomic mass is 16.2. The molecule has 1 aliphatic rings. The topological polar surface area (TPSA) is 61.4 Å². The predicted molar refractivity (Wildman–Crippen MR) is 98.3 cm³/mol. The van der Waals surface area contributed by atoms with Gasteiger partial charge in [0.1, 0.15) is 5.69 Å². The SMILES string of the molecule is C=CCNc1nccc(C(=O)N2CCN(Cc3ccccc3)CC2)n1. The van der Waals surface area contributed by atoms with Crippen molar-refractivity contribution in [3.8, 4) is 0 Å². The van der Waals surface area contributed by atoms with Crippen molar-refractivity contribution in [3.05, 3.63) is 66.5 Å². The van der Waals surface area contributed by atoms with Crippen molar-refractivity contribution in [3.63, 3.8) is 0 Å². The Labute approximate surface area is 148 Å². The fourth-order valence-electron chi connectivity index (χ4n) is 2.84. The zero-order chi connectivity index (χ0) is 17.5. The van der Waals surface area contributed by atoms with Crippen molar-refractivity contribution < 1.29 is 4.79 Å². The monoisotopic (exact) mass is 337 g/mol. The van der Waals surface area contributed by atoms with E-state index in [1.54, 1.807) is 18.3 Å². The summed E-state index contributed by atoms with van der Waals surface area (Å²) in [6.07, 6.45) is 3.33. The predicted octanol–water partition coefficient (Wildman–Crippen LogP) is 2.03. The molecule has 2 heterocycles. The van der Waals surface area contributed by atoms with E-state index in [0.717, 1.165) is 19.6 Å². The second kappa shape index (κ2) is 8.39. The van der Waals surface area contributed by atoms with Crippen LogP contribution >= 0.6 is 0 Å². The fourth-order valence-corrected chi connectivity index (χ4v) is 2.84. The summed E-state index contributed by atoms with van der Waals surface area (Å²) in [5.74, 6) is 0.414.